The number of phenols is 1. The molecule has 1 heterocycles. The van der Waals surface area contributed by atoms with E-state index < -0.39 is 71.1 Å². The first-order valence-electron chi connectivity index (χ1n) is 11.1. The van der Waals surface area contributed by atoms with Gasteiger partial charge in [-0.25, -0.2) is 12.6 Å². The lowest BCUT2D eigenvalue weighted by atomic mass is 10.1. The Morgan fingerprint density at radius 3 is 2.19 bits per heavy atom. The second-order valence-corrected chi connectivity index (χ2v) is 12.8. The number of hydrogen-bond acceptors (Lipinski definition) is 13. The van der Waals surface area contributed by atoms with Crippen LogP contribution < -0.4 is 5.32 Å². The summed E-state index contributed by atoms with van der Waals surface area (Å²) >= 11 is 0. The number of sulfone groups is 1. The fraction of sp³-hybridized carbons (Fsp3) is 0.0909. The van der Waals surface area contributed by atoms with Crippen molar-refractivity contribution in [3.05, 3.63) is 66.6 Å². The summed E-state index contributed by atoms with van der Waals surface area (Å²) in [6.07, 6.45) is -1.33. The Bertz CT molecular complexity index is 2020. The van der Waals surface area contributed by atoms with Crippen LogP contribution in [0.4, 0.5) is 31.7 Å². The van der Waals surface area contributed by atoms with Crippen molar-refractivity contribution in [3.63, 3.8) is 0 Å². The van der Waals surface area contributed by atoms with Gasteiger partial charge in [0.1, 0.15) is 16.4 Å². The van der Waals surface area contributed by atoms with Gasteiger partial charge in [-0.3, -0.25) is 9.11 Å². The first-order chi connectivity index (χ1) is 19.5. The van der Waals surface area contributed by atoms with Crippen molar-refractivity contribution in [2.24, 2.45) is 10.2 Å². The predicted molar refractivity (Wildman–Crippen MR) is 141 cm³/mol. The van der Waals surface area contributed by atoms with Crippen LogP contribution in [0.2, 0.25) is 0 Å². The summed E-state index contributed by atoms with van der Waals surface area (Å²) in [7, 11) is -13.8. The monoisotopic (exact) mass is 645 g/mol. The number of rotatable bonds is 10. The summed E-state index contributed by atoms with van der Waals surface area (Å²) in [5.41, 5.74) is -0.538. The maximum absolute atomic E-state index is 13.4. The fourth-order valence-corrected chi connectivity index (χ4v) is 5.66. The zero-order valence-corrected chi connectivity index (χ0v) is 23.0. The van der Waals surface area contributed by atoms with E-state index in [0.29, 0.717) is 0 Å². The van der Waals surface area contributed by atoms with Crippen LogP contribution in [0, 0.1) is 12.0 Å². The van der Waals surface area contributed by atoms with Crippen LogP contribution in [-0.2, 0) is 34.5 Å². The summed E-state index contributed by atoms with van der Waals surface area (Å²) in [6.45, 7) is -0.841. The van der Waals surface area contributed by atoms with Crippen molar-refractivity contribution in [3.8, 4) is 5.75 Å². The summed E-state index contributed by atoms with van der Waals surface area (Å²) in [6, 6.07) is 10.3. The highest BCUT2D eigenvalue weighted by Gasteiger charge is 2.23. The fourth-order valence-electron chi connectivity index (χ4n) is 3.51. The number of nitrogens with zero attached hydrogens (tertiary/aromatic N) is 4. The first-order valence-corrected chi connectivity index (χ1v) is 15.6. The molecule has 4 rings (SSSR count). The van der Waals surface area contributed by atoms with Gasteiger partial charge in [0, 0.05) is 17.1 Å². The minimum atomic E-state index is -4.95. The number of azo groups is 1. The normalized spacial score (nSPS) is 12.7. The van der Waals surface area contributed by atoms with Crippen molar-refractivity contribution in [1.29, 1.82) is 0 Å². The summed E-state index contributed by atoms with van der Waals surface area (Å²) in [4.78, 5) is 5.19. The van der Waals surface area contributed by atoms with Crippen LogP contribution >= 0.6 is 0 Å². The van der Waals surface area contributed by atoms with Gasteiger partial charge in [-0.2, -0.15) is 40.7 Å². The Balaban J connectivity index is 1.67. The number of fused-ring (bicyclic) bond motifs is 1. The van der Waals surface area contributed by atoms with Crippen molar-refractivity contribution >= 4 is 64.0 Å². The van der Waals surface area contributed by atoms with Crippen LogP contribution in [0.3, 0.4) is 0 Å². The number of aromatic nitrogens is 2. The molecule has 1 aromatic heterocycles. The average molecular weight is 646 g/mol. The van der Waals surface area contributed by atoms with Crippen LogP contribution in [0.5, 0.6) is 5.75 Å². The van der Waals surface area contributed by atoms with Crippen molar-refractivity contribution in [2.45, 2.75) is 9.79 Å². The molecule has 0 unspecified atom stereocenters. The molecule has 0 saturated heterocycles. The highest BCUT2D eigenvalue weighted by Crippen LogP contribution is 2.42. The molecule has 0 radical (unpaired) electrons. The highest BCUT2D eigenvalue weighted by molar-refractivity contribution is 7.91. The summed E-state index contributed by atoms with van der Waals surface area (Å²) < 4.78 is 119. The Kier molecular flexibility index (Phi) is 8.48. The molecular weight excluding hydrogens is 628 g/mol. The number of nitrogens with one attached hydrogen (secondary N) is 1. The minimum Gasteiger partial charge on any atom is -0.505 e. The van der Waals surface area contributed by atoms with E-state index in [4.69, 9.17) is 4.55 Å². The second-order valence-electron chi connectivity index (χ2n) is 8.22. The van der Waals surface area contributed by atoms with Gasteiger partial charge in [-0.1, -0.05) is 6.07 Å². The molecular formula is C22H17F2N5O10S3. The smallest absolute Gasteiger partial charge is 0.397 e. The van der Waals surface area contributed by atoms with Gasteiger partial charge < -0.3 is 10.4 Å². The maximum Gasteiger partial charge on any atom is 0.397 e. The third-order valence-corrected chi connectivity index (χ3v) is 8.34. The third kappa shape index (κ3) is 7.54. The molecule has 0 aliphatic carbocycles. The van der Waals surface area contributed by atoms with Gasteiger partial charge in [0.05, 0.1) is 22.9 Å². The molecule has 0 aliphatic heterocycles. The van der Waals surface area contributed by atoms with E-state index in [2.05, 4.69) is 29.7 Å². The van der Waals surface area contributed by atoms with E-state index in [9.17, 15) is 43.7 Å². The molecule has 42 heavy (non-hydrogen) atoms. The van der Waals surface area contributed by atoms with Crippen LogP contribution in [0.15, 0.2) is 74.6 Å². The van der Waals surface area contributed by atoms with E-state index >= 15 is 0 Å². The molecule has 0 amide bonds. The molecule has 0 aliphatic rings. The van der Waals surface area contributed by atoms with Gasteiger partial charge >= 0.3 is 16.5 Å². The van der Waals surface area contributed by atoms with E-state index in [0.717, 1.165) is 36.4 Å². The maximum atomic E-state index is 13.4. The van der Waals surface area contributed by atoms with Crippen molar-refractivity contribution in [2.75, 3.05) is 17.7 Å². The van der Waals surface area contributed by atoms with E-state index in [-0.39, 0.29) is 32.9 Å². The van der Waals surface area contributed by atoms with Gasteiger partial charge in [0.15, 0.2) is 15.6 Å². The Labute approximate surface area is 236 Å². The predicted octanol–water partition coefficient (Wildman–Crippen LogP) is 3.61. The summed E-state index contributed by atoms with van der Waals surface area (Å²) in [5.74, 6) is -2.94. The largest absolute Gasteiger partial charge is 0.505 e. The van der Waals surface area contributed by atoms with Crippen molar-refractivity contribution < 1.29 is 52.4 Å². The molecule has 222 valence electrons. The van der Waals surface area contributed by atoms with Gasteiger partial charge in [0.2, 0.25) is 5.95 Å². The molecule has 15 nitrogen and oxygen atoms in total. The Morgan fingerprint density at radius 1 is 0.881 bits per heavy atom. The molecule has 0 atom stereocenters. The molecule has 4 aromatic rings. The molecule has 0 saturated carbocycles. The number of hydrogen-bond donors (Lipinski definition) is 4. The minimum absolute atomic E-state index is 0.00935. The lowest BCUT2D eigenvalue weighted by Crippen LogP contribution is -2.15. The quantitative estimate of drug-likeness (QED) is 0.0836. The molecule has 0 fully saturated rings. The molecule has 3 aromatic carbocycles. The Hall–Kier alpha value is -4.21. The van der Waals surface area contributed by atoms with Gasteiger partial charge in [0.25, 0.3) is 10.1 Å². The third-order valence-electron chi connectivity index (χ3n) is 5.32. The lowest BCUT2D eigenvalue weighted by Gasteiger charge is -2.11. The lowest BCUT2D eigenvalue weighted by molar-refractivity contribution is 0.284. The number of benzene rings is 3. The van der Waals surface area contributed by atoms with Crippen LogP contribution in [0.1, 0.15) is 0 Å². The number of halogens is 2. The van der Waals surface area contributed by atoms with E-state index in [1.165, 1.54) is 18.2 Å². The van der Waals surface area contributed by atoms with Gasteiger partial charge in [-0.05, 0) is 47.9 Å². The van der Waals surface area contributed by atoms with Gasteiger partial charge in [-0.15, -0.1) is 5.11 Å². The van der Waals surface area contributed by atoms with Crippen LogP contribution in [0.25, 0.3) is 10.8 Å². The first kappa shape index (κ1) is 30.7. The highest BCUT2D eigenvalue weighted by atomic mass is 32.3. The molecule has 4 N–H and O–H groups in total. The zero-order chi connectivity index (χ0) is 30.9. The number of anilines is 2. The molecule has 0 spiro atoms. The standard InChI is InChI=1S/C22H17F2N5O10S3/c23-18-11-19(27-22(24)26-18)25-14-2-1-12-9-17(41(33,34)35)20(21(30)16(12)10-14)29-28-13-3-5-15(6-4-13)40(31,32)8-7-39-42(36,37)38/h1-6,9-11,30H,7-8H2,(H,25,26,27)(H,33,34,35)(H,36,37,38). The molecule has 0 bridgehead atoms. The SMILES string of the molecule is O=S(=O)(O)OCCS(=O)(=O)c1ccc(N=Nc2c(S(=O)(=O)O)cc3ccc(Nc4cc(F)nc(F)n4)cc3c2O)cc1. The topological polar surface area (TPSA) is 235 Å². The number of phenolic OH excluding ortho intramolecular Hbond substituents is 1. The van der Waals surface area contributed by atoms with Crippen LogP contribution in [-0.4, -0.2) is 61.8 Å². The van der Waals surface area contributed by atoms with Crippen molar-refractivity contribution in [1.82, 2.24) is 9.97 Å². The molecule has 20 heteroatoms. The van der Waals surface area contributed by atoms with E-state index in [1.54, 1.807) is 0 Å². The second kappa shape index (κ2) is 11.6. The average Bonchev–Trinajstić information content (AvgIpc) is 2.86. The summed E-state index contributed by atoms with van der Waals surface area (Å²) in [5, 5.41) is 21.1. The number of aromatic hydroxyl groups is 1. The van der Waals surface area contributed by atoms with E-state index in [1.807, 2.05) is 0 Å². The Morgan fingerprint density at radius 2 is 1.57 bits per heavy atom. The zero-order valence-electron chi connectivity index (χ0n) is 20.6.